The lowest BCUT2D eigenvalue weighted by molar-refractivity contribution is 0.628. The van der Waals surface area contributed by atoms with Crippen molar-refractivity contribution in [2.24, 2.45) is 0 Å². The van der Waals surface area contributed by atoms with Crippen molar-refractivity contribution in [2.45, 2.75) is 0 Å². The third-order valence-electron chi connectivity index (χ3n) is 3.47. The van der Waals surface area contributed by atoms with Crippen LogP contribution >= 0.6 is 0 Å². The second-order valence-electron chi connectivity index (χ2n) is 4.40. The van der Waals surface area contributed by atoms with Crippen LogP contribution in [0.3, 0.4) is 0 Å². The molecule has 0 saturated carbocycles. The molecule has 3 aromatic rings. The van der Waals surface area contributed by atoms with Gasteiger partial charge in [-0.25, -0.2) is 4.39 Å². The van der Waals surface area contributed by atoms with Crippen molar-refractivity contribution in [3.8, 4) is 22.3 Å². The molecule has 0 atom stereocenters. The molecule has 0 aromatic heterocycles. The molecule has 0 aliphatic heterocycles. The van der Waals surface area contributed by atoms with E-state index in [0.717, 1.165) is 16.7 Å². The predicted octanol–water partition coefficient (Wildman–Crippen LogP) is 4.63. The van der Waals surface area contributed by atoms with Gasteiger partial charge in [0, 0.05) is 0 Å². The second-order valence-corrected chi connectivity index (χ2v) is 4.40. The Kier molecular flexibility index (Phi) is 1.55. The Morgan fingerprint density at radius 3 is 2.12 bits per heavy atom. The number of fused-ring (bicyclic) bond motifs is 3. The molecule has 0 nitrogen and oxygen atoms in total. The fourth-order valence-electron chi connectivity index (χ4n) is 2.76. The van der Waals surface area contributed by atoms with Crippen LogP contribution in [-0.2, 0) is 0 Å². The molecule has 1 heteroatoms. The lowest BCUT2D eigenvalue weighted by Gasteiger charge is -2.00. The van der Waals surface area contributed by atoms with Gasteiger partial charge in [-0.05, 0) is 45.2 Å². The highest BCUT2D eigenvalue weighted by atomic mass is 19.1. The van der Waals surface area contributed by atoms with E-state index in [-0.39, 0.29) is 5.82 Å². The number of benzene rings is 3. The third kappa shape index (κ3) is 1.06. The van der Waals surface area contributed by atoms with E-state index in [4.69, 9.17) is 0 Å². The summed E-state index contributed by atoms with van der Waals surface area (Å²) >= 11 is 0. The number of hydrogen-bond donors (Lipinski definition) is 0. The van der Waals surface area contributed by atoms with E-state index in [2.05, 4.69) is 30.3 Å². The molecule has 1 aliphatic carbocycles. The lowest BCUT2D eigenvalue weighted by atomic mass is 10.0. The van der Waals surface area contributed by atoms with Crippen molar-refractivity contribution >= 4 is 10.8 Å². The smallest absolute Gasteiger partial charge is 0.123 e. The Bertz CT molecular complexity index is 751. The average Bonchev–Trinajstić information content (AvgIpc) is 2.67. The summed E-state index contributed by atoms with van der Waals surface area (Å²) in [4.78, 5) is 0. The van der Waals surface area contributed by atoms with Gasteiger partial charge in [-0.15, -0.1) is 0 Å². The molecule has 0 amide bonds. The van der Waals surface area contributed by atoms with E-state index in [1.165, 1.54) is 22.4 Å². The molecular weight excluding hydrogens is 211 g/mol. The van der Waals surface area contributed by atoms with Crippen molar-refractivity contribution in [3.05, 3.63) is 60.4 Å². The van der Waals surface area contributed by atoms with Crippen LogP contribution < -0.4 is 0 Å². The van der Waals surface area contributed by atoms with Crippen molar-refractivity contribution in [1.82, 2.24) is 0 Å². The molecule has 0 saturated heterocycles. The highest BCUT2D eigenvalue weighted by molar-refractivity contribution is 6.15. The summed E-state index contributed by atoms with van der Waals surface area (Å²) in [6.45, 7) is 0. The van der Waals surface area contributed by atoms with Crippen LogP contribution in [0.5, 0.6) is 0 Å². The summed E-state index contributed by atoms with van der Waals surface area (Å²) in [5.41, 5.74) is 4.51. The standard InChI is InChI=1S/C16H9F/c17-11-7-8-12-13-5-1-3-10-4-2-6-14(16(10)13)15(12)9-11/h1-9H. The Morgan fingerprint density at radius 1 is 0.647 bits per heavy atom. The maximum Gasteiger partial charge on any atom is 0.123 e. The van der Waals surface area contributed by atoms with Crippen molar-refractivity contribution in [2.75, 3.05) is 0 Å². The van der Waals surface area contributed by atoms with Gasteiger partial charge in [-0.3, -0.25) is 0 Å². The first-order chi connectivity index (χ1) is 8.34. The quantitative estimate of drug-likeness (QED) is 0.405. The van der Waals surface area contributed by atoms with Gasteiger partial charge in [0.25, 0.3) is 0 Å². The Labute approximate surface area is 98.3 Å². The Hall–Kier alpha value is -2.15. The van der Waals surface area contributed by atoms with E-state index in [9.17, 15) is 4.39 Å². The predicted molar refractivity (Wildman–Crippen MR) is 68.3 cm³/mol. The van der Waals surface area contributed by atoms with Gasteiger partial charge >= 0.3 is 0 Å². The monoisotopic (exact) mass is 220 g/mol. The molecular formula is C16H9F. The largest absolute Gasteiger partial charge is 0.207 e. The zero-order chi connectivity index (χ0) is 11.4. The number of rotatable bonds is 0. The van der Waals surface area contributed by atoms with Crippen LogP contribution in [0, 0.1) is 5.82 Å². The molecule has 80 valence electrons. The van der Waals surface area contributed by atoms with Crippen LogP contribution in [0.2, 0.25) is 0 Å². The van der Waals surface area contributed by atoms with E-state index in [1.54, 1.807) is 6.07 Å². The minimum absolute atomic E-state index is 0.173. The first-order valence-corrected chi connectivity index (χ1v) is 5.67. The third-order valence-corrected chi connectivity index (χ3v) is 3.47. The van der Waals surface area contributed by atoms with E-state index in [1.807, 2.05) is 12.1 Å². The highest BCUT2D eigenvalue weighted by Gasteiger charge is 2.20. The first-order valence-electron chi connectivity index (χ1n) is 5.67. The molecule has 0 bridgehead atoms. The average molecular weight is 220 g/mol. The minimum Gasteiger partial charge on any atom is -0.207 e. The fourth-order valence-corrected chi connectivity index (χ4v) is 2.76. The molecule has 1 aliphatic rings. The van der Waals surface area contributed by atoms with Gasteiger partial charge in [0.2, 0.25) is 0 Å². The molecule has 0 radical (unpaired) electrons. The topological polar surface area (TPSA) is 0 Å². The SMILES string of the molecule is Fc1ccc2c(c1)-c1cccc3cccc-2c13. The molecule has 0 heterocycles. The maximum atomic E-state index is 13.4. The zero-order valence-electron chi connectivity index (χ0n) is 9.07. The molecule has 0 unspecified atom stereocenters. The van der Waals surface area contributed by atoms with Gasteiger partial charge in [0.05, 0.1) is 0 Å². The van der Waals surface area contributed by atoms with Crippen LogP contribution in [0.1, 0.15) is 0 Å². The summed E-state index contributed by atoms with van der Waals surface area (Å²) in [6.07, 6.45) is 0. The van der Waals surface area contributed by atoms with Crippen molar-refractivity contribution < 1.29 is 4.39 Å². The van der Waals surface area contributed by atoms with E-state index < -0.39 is 0 Å². The number of halogens is 1. The molecule has 0 N–H and O–H groups in total. The van der Waals surface area contributed by atoms with Gasteiger partial charge in [0.1, 0.15) is 5.82 Å². The summed E-state index contributed by atoms with van der Waals surface area (Å²) in [5, 5.41) is 2.47. The molecule has 4 rings (SSSR count). The second kappa shape index (κ2) is 2.95. The Balaban J connectivity index is 2.26. The van der Waals surface area contributed by atoms with E-state index in [0.29, 0.717) is 0 Å². The van der Waals surface area contributed by atoms with Gasteiger partial charge in [-0.1, -0.05) is 42.5 Å². The van der Waals surface area contributed by atoms with Gasteiger partial charge < -0.3 is 0 Å². The van der Waals surface area contributed by atoms with Gasteiger partial charge in [-0.2, -0.15) is 0 Å². The van der Waals surface area contributed by atoms with Crippen LogP contribution in [0.25, 0.3) is 33.0 Å². The summed E-state index contributed by atoms with van der Waals surface area (Å²) < 4.78 is 13.4. The highest BCUT2D eigenvalue weighted by Crippen LogP contribution is 2.46. The van der Waals surface area contributed by atoms with Crippen molar-refractivity contribution in [3.63, 3.8) is 0 Å². The summed E-state index contributed by atoms with van der Waals surface area (Å²) in [5.74, 6) is -0.173. The van der Waals surface area contributed by atoms with Crippen LogP contribution in [0.4, 0.5) is 4.39 Å². The Morgan fingerprint density at radius 2 is 1.35 bits per heavy atom. The first kappa shape index (κ1) is 8.94. The minimum atomic E-state index is -0.173. The zero-order valence-corrected chi connectivity index (χ0v) is 9.07. The number of hydrogen-bond acceptors (Lipinski definition) is 0. The molecule has 3 aromatic carbocycles. The van der Waals surface area contributed by atoms with Crippen molar-refractivity contribution in [1.29, 1.82) is 0 Å². The normalized spacial score (nSPS) is 11.8. The summed E-state index contributed by atoms with van der Waals surface area (Å²) in [7, 11) is 0. The molecule has 0 spiro atoms. The molecule has 0 fully saturated rings. The van der Waals surface area contributed by atoms with Gasteiger partial charge in [0.15, 0.2) is 0 Å². The van der Waals surface area contributed by atoms with Crippen LogP contribution in [-0.4, -0.2) is 0 Å². The maximum absolute atomic E-state index is 13.4. The fraction of sp³-hybridized carbons (Fsp3) is 0. The van der Waals surface area contributed by atoms with Crippen LogP contribution in [0.15, 0.2) is 54.6 Å². The molecule has 17 heavy (non-hydrogen) atoms. The lowest BCUT2D eigenvalue weighted by Crippen LogP contribution is -1.78. The summed E-state index contributed by atoms with van der Waals surface area (Å²) in [6, 6.07) is 17.5. The van der Waals surface area contributed by atoms with E-state index >= 15 is 0 Å².